The molecule has 0 radical (unpaired) electrons. The van der Waals surface area contributed by atoms with E-state index in [2.05, 4.69) is 68.5 Å². The SMILES string of the molecule is CCc1ccc(CNC(=NC)NCc2nccn2Cc2ccccc2)s1. The average Bonchev–Trinajstić information content (AvgIpc) is 3.32. The molecule has 0 bridgehead atoms. The van der Waals surface area contributed by atoms with Crippen LogP contribution in [0.1, 0.15) is 28.1 Å². The summed E-state index contributed by atoms with van der Waals surface area (Å²) in [6.45, 7) is 4.41. The molecule has 6 heteroatoms. The molecule has 0 saturated heterocycles. The Morgan fingerprint density at radius 2 is 1.85 bits per heavy atom. The highest BCUT2D eigenvalue weighted by molar-refractivity contribution is 7.11. The molecule has 0 amide bonds. The summed E-state index contributed by atoms with van der Waals surface area (Å²) in [6, 6.07) is 14.8. The highest BCUT2D eigenvalue weighted by Gasteiger charge is 2.06. The van der Waals surface area contributed by atoms with Crippen molar-refractivity contribution in [3.63, 3.8) is 0 Å². The number of nitrogens with one attached hydrogen (secondary N) is 2. The Morgan fingerprint density at radius 1 is 1.08 bits per heavy atom. The third-order valence-corrected chi connectivity index (χ3v) is 5.36. The van der Waals surface area contributed by atoms with Gasteiger partial charge < -0.3 is 15.2 Å². The van der Waals surface area contributed by atoms with E-state index in [4.69, 9.17) is 0 Å². The minimum atomic E-state index is 0.629. The van der Waals surface area contributed by atoms with Crippen molar-refractivity contribution >= 4 is 17.3 Å². The topological polar surface area (TPSA) is 54.2 Å². The van der Waals surface area contributed by atoms with Crippen molar-refractivity contribution in [3.8, 4) is 0 Å². The van der Waals surface area contributed by atoms with Crippen molar-refractivity contribution < 1.29 is 0 Å². The van der Waals surface area contributed by atoms with Gasteiger partial charge in [0.15, 0.2) is 5.96 Å². The van der Waals surface area contributed by atoms with Crippen molar-refractivity contribution in [2.24, 2.45) is 4.99 Å². The van der Waals surface area contributed by atoms with Crippen molar-refractivity contribution in [1.82, 2.24) is 20.2 Å². The van der Waals surface area contributed by atoms with Crippen LogP contribution in [-0.2, 0) is 26.1 Å². The Bertz CT molecular complexity index is 835. The summed E-state index contributed by atoms with van der Waals surface area (Å²) < 4.78 is 2.16. The largest absolute Gasteiger partial charge is 0.352 e. The Labute approximate surface area is 158 Å². The summed E-state index contributed by atoms with van der Waals surface area (Å²) in [6.07, 6.45) is 4.94. The van der Waals surface area contributed by atoms with Gasteiger partial charge in [-0.15, -0.1) is 11.3 Å². The Morgan fingerprint density at radius 3 is 2.58 bits per heavy atom. The number of guanidine groups is 1. The molecule has 0 unspecified atom stereocenters. The van der Waals surface area contributed by atoms with Gasteiger partial charge in [-0.1, -0.05) is 37.3 Å². The lowest BCUT2D eigenvalue weighted by Gasteiger charge is -2.12. The zero-order valence-electron chi connectivity index (χ0n) is 15.3. The number of benzene rings is 1. The number of imidazole rings is 1. The molecule has 0 fully saturated rings. The van der Waals surface area contributed by atoms with Gasteiger partial charge in [-0.05, 0) is 24.1 Å². The molecule has 26 heavy (non-hydrogen) atoms. The molecule has 0 aliphatic carbocycles. The van der Waals surface area contributed by atoms with Gasteiger partial charge >= 0.3 is 0 Å². The first-order chi connectivity index (χ1) is 12.8. The molecular weight excluding hydrogens is 342 g/mol. The molecule has 3 rings (SSSR count). The maximum absolute atomic E-state index is 4.47. The van der Waals surface area contributed by atoms with E-state index < -0.39 is 0 Å². The van der Waals surface area contributed by atoms with Crippen molar-refractivity contribution in [2.45, 2.75) is 33.0 Å². The van der Waals surface area contributed by atoms with E-state index in [1.807, 2.05) is 29.8 Å². The molecule has 0 aliphatic rings. The summed E-state index contributed by atoms with van der Waals surface area (Å²) in [5.41, 5.74) is 1.26. The predicted molar refractivity (Wildman–Crippen MR) is 109 cm³/mol. The van der Waals surface area contributed by atoms with Gasteiger partial charge in [0.25, 0.3) is 0 Å². The highest BCUT2D eigenvalue weighted by atomic mass is 32.1. The van der Waals surface area contributed by atoms with Gasteiger partial charge in [-0.2, -0.15) is 0 Å². The first-order valence-corrected chi connectivity index (χ1v) is 9.66. The van der Waals surface area contributed by atoms with E-state index in [9.17, 15) is 0 Å². The molecule has 2 heterocycles. The van der Waals surface area contributed by atoms with Crippen molar-refractivity contribution in [1.29, 1.82) is 0 Å². The first kappa shape index (κ1) is 18.2. The van der Waals surface area contributed by atoms with E-state index in [1.165, 1.54) is 15.3 Å². The fourth-order valence-corrected chi connectivity index (χ4v) is 3.59. The van der Waals surface area contributed by atoms with E-state index in [0.717, 1.165) is 31.3 Å². The van der Waals surface area contributed by atoms with Crippen LogP contribution in [0, 0.1) is 0 Å². The molecule has 0 aliphatic heterocycles. The second-order valence-electron chi connectivity index (χ2n) is 5.96. The van der Waals surface area contributed by atoms with Crippen LogP contribution in [0.4, 0.5) is 0 Å². The first-order valence-electron chi connectivity index (χ1n) is 8.84. The number of aromatic nitrogens is 2. The minimum absolute atomic E-state index is 0.629. The number of thiophene rings is 1. The smallest absolute Gasteiger partial charge is 0.191 e. The number of rotatable bonds is 7. The predicted octanol–water partition coefficient (Wildman–Crippen LogP) is 3.42. The molecular formula is C20H25N5S. The lowest BCUT2D eigenvalue weighted by molar-refractivity contribution is 0.688. The number of nitrogens with zero attached hydrogens (tertiary/aromatic N) is 3. The summed E-state index contributed by atoms with van der Waals surface area (Å²) in [5, 5.41) is 6.72. The zero-order valence-corrected chi connectivity index (χ0v) is 16.1. The monoisotopic (exact) mass is 367 g/mol. The van der Waals surface area contributed by atoms with Gasteiger partial charge in [-0.3, -0.25) is 4.99 Å². The molecule has 5 nitrogen and oxygen atoms in total. The second-order valence-corrected chi connectivity index (χ2v) is 7.21. The van der Waals surface area contributed by atoms with Crippen LogP contribution in [-0.4, -0.2) is 22.6 Å². The number of aliphatic imine (C=N–C) groups is 1. The number of hydrogen-bond acceptors (Lipinski definition) is 3. The minimum Gasteiger partial charge on any atom is -0.352 e. The third-order valence-electron chi connectivity index (χ3n) is 4.13. The molecule has 1 aromatic carbocycles. The average molecular weight is 368 g/mol. The Kier molecular flexibility index (Phi) is 6.44. The molecule has 3 aromatic rings. The van der Waals surface area contributed by atoms with Gasteiger partial charge in [0.05, 0.1) is 13.1 Å². The van der Waals surface area contributed by atoms with Gasteiger partial charge in [-0.25, -0.2) is 4.98 Å². The van der Waals surface area contributed by atoms with Crippen LogP contribution in [0.3, 0.4) is 0 Å². The normalized spacial score (nSPS) is 11.5. The van der Waals surface area contributed by atoms with Crippen molar-refractivity contribution in [2.75, 3.05) is 7.05 Å². The van der Waals surface area contributed by atoms with E-state index >= 15 is 0 Å². The molecule has 0 atom stereocenters. The molecule has 0 saturated carbocycles. The quantitative estimate of drug-likeness (QED) is 0.497. The molecule has 0 spiro atoms. The third kappa shape index (κ3) is 4.95. The van der Waals surface area contributed by atoms with Crippen LogP contribution in [0.5, 0.6) is 0 Å². The summed E-state index contributed by atoms with van der Waals surface area (Å²) in [7, 11) is 1.79. The lowest BCUT2D eigenvalue weighted by atomic mass is 10.2. The maximum atomic E-state index is 4.47. The van der Waals surface area contributed by atoms with Crippen molar-refractivity contribution in [3.05, 3.63) is 76.0 Å². The highest BCUT2D eigenvalue weighted by Crippen LogP contribution is 2.16. The lowest BCUT2D eigenvalue weighted by Crippen LogP contribution is -2.36. The van der Waals surface area contributed by atoms with Crippen LogP contribution >= 0.6 is 11.3 Å². The van der Waals surface area contributed by atoms with Gasteiger partial charge in [0, 0.05) is 35.7 Å². The van der Waals surface area contributed by atoms with E-state index in [1.54, 1.807) is 7.05 Å². The van der Waals surface area contributed by atoms with Gasteiger partial charge in [0.1, 0.15) is 5.82 Å². The van der Waals surface area contributed by atoms with Crippen LogP contribution in [0.15, 0.2) is 59.9 Å². The number of hydrogen-bond donors (Lipinski definition) is 2. The standard InChI is InChI=1S/C20H25N5S/c1-3-17-9-10-18(26-17)13-23-20(21-2)24-14-19-22-11-12-25(19)15-16-7-5-4-6-8-16/h4-12H,3,13-15H2,1-2H3,(H2,21,23,24). The second kappa shape index (κ2) is 9.20. The Balaban J connectivity index is 1.53. The van der Waals surface area contributed by atoms with Gasteiger partial charge in [0.2, 0.25) is 0 Å². The summed E-state index contributed by atoms with van der Waals surface area (Å²) >= 11 is 1.84. The molecule has 136 valence electrons. The van der Waals surface area contributed by atoms with E-state index in [0.29, 0.717) is 6.54 Å². The maximum Gasteiger partial charge on any atom is 0.191 e. The fraction of sp³-hybridized carbons (Fsp3) is 0.300. The van der Waals surface area contributed by atoms with Crippen LogP contribution in [0.2, 0.25) is 0 Å². The number of aryl methyl sites for hydroxylation is 1. The van der Waals surface area contributed by atoms with E-state index in [-0.39, 0.29) is 0 Å². The molecule has 2 N–H and O–H groups in total. The Hall–Kier alpha value is -2.60. The fourth-order valence-electron chi connectivity index (χ4n) is 2.69. The zero-order chi connectivity index (χ0) is 18.2. The van der Waals surface area contributed by atoms with Crippen LogP contribution in [0.25, 0.3) is 0 Å². The molecule has 2 aromatic heterocycles. The van der Waals surface area contributed by atoms with Crippen LogP contribution < -0.4 is 10.6 Å². The summed E-state index contributed by atoms with van der Waals surface area (Å²) in [4.78, 5) is 11.5. The summed E-state index contributed by atoms with van der Waals surface area (Å²) in [5.74, 6) is 1.77.